The van der Waals surface area contributed by atoms with E-state index in [1.54, 1.807) is 0 Å². The van der Waals surface area contributed by atoms with E-state index in [0.717, 1.165) is 30.2 Å². The predicted octanol–water partition coefficient (Wildman–Crippen LogP) is 3.85. The van der Waals surface area contributed by atoms with Crippen LogP contribution in [0.2, 0.25) is 0 Å². The van der Waals surface area contributed by atoms with Gasteiger partial charge in [-0.1, -0.05) is 24.1 Å². The molecule has 1 atom stereocenters. The fourth-order valence-electron chi connectivity index (χ4n) is 3.27. The number of carbonyl (C=O) groups is 1. The molecule has 1 aliphatic rings. The number of amides is 1. The van der Waals surface area contributed by atoms with Gasteiger partial charge in [-0.25, -0.2) is 0 Å². The third-order valence-electron chi connectivity index (χ3n) is 4.69. The second-order valence-corrected chi connectivity index (χ2v) is 6.64. The maximum Gasteiger partial charge on any atom is 0.251 e. The van der Waals surface area contributed by atoms with Crippen LogP contribution >= 0.6 is 0 Å². The smallest absolute Gasteiger partial charge is 0.251 e. The zero-order chi connectivity index (χ0) is 16.9. The molecule has 4 heteroatoms. The summed E-state index contributed by atoms with van der Waals surface area (Å²) >= 11 is 0. The summed E-state index contributed by atoms with van der Waals surface area (Å²) in [6, 6.07) is 11.8. The molecule has 0 spiro atoms. The lowest BCUT2D eigenvalue weighted by atomic mass is 10.1. The van der Waals surface area contributed by atoms with Gasteiger partial charge in [-0.2, -0.15) is 0 Å². The first-order chi connectivity index (χ1) is 11.6. The maximum absolute atomic E-state index is 12.4. The summed E-state index contributed by atoms with van der Waals surface area (Å²) in [7, 11) is 0. The molecule has 0 bridgehead atoms. The molecule has 1 unspecified atom stereocenters. The zero-order valence-corrected chi connectivity index (χ0v) is 14.5. The Morgan fingerprint density at radius 1 is 1.08 bits per heavy atom. The summed E-state index contributed by atoms with van der Waals surface area (Å²) in [6.45, 7) is 6.67. The first kappa shape index (κ1) is 16.8. The average molecular weight is 326 g/mol. The number of hydrogen-bond acceptors (Lipinski definition) is 3. The lowest BCUT2D eigenvalue weighted by Gasteiger charge is -2.33. The molecule has 1 fully saturated rings. The van der Waals surface area contributed by atoms with Gasteiger partial charge in [-0.05, 0) is 64.0 Å². The largest absolute Gasteiger partial charge is 0.465 e. The minimum atomic E-state index is -0.0275. The summed E-state index contributed by atoms with van der Waals surface area (Å²) in [5.74, 6) is 1.83. The van der Waals surface area contributed by atoms with E-state index in [1.807, 2.05) is 50.2 Å². The van der Waals surface area contributed by atoms with Gasteiger partial charge >= 0.3 is 0 Å². The van der Waals surface area contributed by atoms with Crippen molar-refractivity contribution in [2.75, 3.05) is 19.6 Å². The molecule has 1 saturated heterocycles. The van der Waals surface area contributed by atoms with E-state index in [2.05, 4.69) is 10.2 Å². The fourth-order valence-corrected chi connectivity index (χ4v) is 3.27. The number of nitrogens with one attached hydrogen (secondary N) is 1. The maximum atomic E-state index is 12.4. The Balaban J connectivity index is 1.69. The number of nitrogens with zero attached hydrogens (tertiary/aromatic N) is 1. The summed E-state index contributed by atoms with van der Waals surface area (Å²) in [4.78, 5) is 14.8. The number of rotatable bonds is 5. The number of hydrogen-bond donors (Lipinski definition) is 1. The van der Waals surface area contributed by atoms with Gasteiger partial charge in [0.1, 0.15) is 11.5 Å². The van der Waals surface area contributed by atoms with Crippen LogP contribution < -0.4 is 5.32 Å². The van der Waals surface area contributed by atoms with Gasteiger partial charge in [0.05, 0.1) is 6.04 Å². The van der Waals surface area contributed by atoms with Crippen LogP contribution in [-0.4, -0.2) is 30.4 Å². The van der Waals surface area contributed by atoms with Crippen LogP contribution in [0.5, 0.6) is 0 Å². The van der Waals surface area contributed by atoms with Gasteiger partial charge in [0.25, 0.3) is 5.91 Å². The van der Waals surface area contributed by atoms with E-state index in [9.17, 15) is 4.79 Å². The monoisotopic (exact) mass is 326 g/mol. The van der Waals surface area contributed by atoms with E-state index in [-0.39, 0.29) is 11.9 Å². The lowest BCUT2D eigenvalue weighted by Crippen LogP contribution is -2.40. The van der Waals surface area contributed by atoms with Crippen molar-refractivity contribution in [2.24, 2.45) is 0 Å². The Hall–Kier alpha value is -2.07. The molecule has 0 radical (unpaired) electrons. The van der Waals surface area contributed by atoms with E-state index in [0.29, 0.717) is 12.1 Å². The van der Waals surface area contributed by atoms with Crippen molar-refractivity contribution in [1.82, 2.24) is 10.2 Å². The molecule has 1 aromatic heterocycles. The van der Waals surface area contributed by atoms with Gasteiger partial charge < -0.3 is 9.73 Å². The fraction of sp³-hybridized carbons (Fsp3) is 0.450. The van der Waals surface area contributed by atoms with Crippen molar-refractivity contribution in [1.29, 1.82) is 0 Å². The van der Waals surface area contributed by atoms with Crippen LogP contribution in [0.15, 0.2) is 40.8 Å². The molecule has 0 aliphatic carbocycles. The third kappa shape index (κ3) is 4.06. The minimum Gasteiger partial charge on any atom is -0.465 e. The molecule has 1 aliphatic heterocycles. The third-order valence-corrected chi connectivity index (χ3v) is 4.69. The van der Waals surface area contributed by atoms with Gasteiger partial charge in [-0.3, -0.25) is 9.69 Å². The molecular weight excluding hydrogens is 300 g/mol. The second-order valence-electron chi connectivity index (χ2n) is 6.64. The van der Waals surface area contributed by atoms with Gasteiger partial charge in [0, 0.05) is 12.1 Å². The Kier molecular flexibility index (Phi) is 5.36. The van der Waals surface area contributed by atoms with E-state index < -0.39 is 0 Å². The molecule has 2 aromatic rings. The minimum absolute atomic E-state index is 0.0275. The van der Waals surface area contributed by atoms with Crippen LogP contribution in [0.4, 0.5) is 0 Å². The molecule has 128 valence electrons. The summed E-state index contributed by atoms with van der Waals surface area (Å²) in [5.41, 5.74) is 1.86. The molecule has 0 saturated carbocycles. The first-order valence-electron chi connectivity index (χ1n) is 8.79. The highest BCUT2D eigenvalue weighted by Crippen LogP contribution is 2.25. The summed E-state index contributed by atoms with van der Waals surface area (Å²) in [6.07, 6.45) is 3.71. The molecule has 3 rings (SSSR count). The Bertz CT molecular complexity index is 669. The highest BCUT2D eigenvalue weighted by atomic mass is 16.3. The SMILES string of the molecule is Cc1ccc(C(=O)NCC(c2ccc(C)o2)N2CCCCC2)cc1. The molecule has 1 aromatic carbocycles. The molecule has 2 heterocycles. The van der Waals surface area contributed by atoms with Crippen molar-refractivity contribution in [3.8, 4) is 0 Å². The van der Waals surface area contributed by atoms with Gasteiger partial charge in [0.15, 0.2) is 0 Å². The highest BCUT2D eigenvalue weighted by Gasteiger charge is 2.25. The van der Waals surface area contributed by atoms with Crippen molar-refractivity contribution in [3.63, 3.8) is 0 Å². The van der Waals surface area contributed by atoms with Crippen LogP contribution in [-0.2, 0) is 0 Å². The Labute approximate surface area is 143 Å². The molecular formula is C20H26N2O2. The van der Waals surface area contributed by atoms with Crippen LogP contribution in [0.25, 0.3) is 0 Å². The molecule has 1 amide bonds. The van der Waals surface area contributed by atoms with E-state index in [4.69, 9.17) is 4.42 Å². The van der Waals surface area contributed by atoms with E-state index >= 15 is 0 Å². The Morgan fingerprint density at radius 3 is 2.42 bits per heavy atom. The highest BCUT2D eigenvalue weighted by molar-refractivity contribution is 5.94. The summed E-state index contributed by atoms with van der Waals surface area (Å²) < 4.78 is 5.86. The number of likely N-dealkylation sites (tertiary alicyclic amines) is 1. The van der Waals surface area contributed by atoms with Gasteiger partial charge in [0.2, 0.25) is 0 Å². The predicted molar refractivity (Wildman–Crippen MR) is 95.1 cm³/mol. The Morgan fingerprint density at radius 2 is 1.79 bits per heavy atom. The van der Waals surface area contributed by atoms with Crippen molar-refractivity contribution < 1.29 is 9.21 Å². The normalized spacial score (nSPS) is 16.8. The number of piperidine rings is 1. The molecule has 1 N–H and O–H groups in total. The van der Waals surface area contributed by atoms with Gasteiger partial charge in [-0.15, -0.1) is 0 Å². The standard InChI is InChI=1S/C20H26N2O2/c1-15-6-9-17(10-7-15)20(23)21-14-18(19-11-8-16(2)24-19)22-12-4-3-5-13-22/h6-11,18H,3-5,12-14H2,1-2H3,(H,21,23). The number of aryl methyl sites for hydroxylation is 2. The van der Waals surface area contributed by atoms with Crippen molar-refractivity contribution >= 4 is 5.91 Å². The van der Waals surface area contributed by atoms with Crippen molar-refractivity contribution in [3.05, 3.63) is 59.0 Å². The van der Waals surface area contributed by atoms with Crippen LogP contribution in [0, 0.1) is 13.8 Å². The molecule has 24 heavy (non-hydrogen) atoms. The first-order valence-corrected chi connectivity index (χ1v) is 8.79. The number of benzene rings is 1. The zero-order valence-electron chi connectivity index (χ0n) is 14.5. The lowest BCUT2D eigenvalue weighted by molar-refractivity contribution is 0.0913. The van der Waals surface area contributed by atoms with Crippen LogP contribution in [0.3, 0.4) is 0 Å². The van der Waals surface area contributed by atoms with Crippen LogP contribution in [0.1, 0.15) is 52.7 Å². The topological polar surface area (TPSA) is 45.5 Å². The van der Waals surface area contributed by atoms with Crippen molar-refractivity contribution in [2.45, 2.75) is 39.2 Å². The summed E-state index contributed by atoms with van der Waals surface area (Å²) in [5, 5.41) is 3.08. The quantitative estimate of drug-likeness (QED) is 0.907. The average Bonchev–Trinajstić information content (AvgIpc) is 3.02. The van der Waals surface area contributed by atoms with E-state index in [1.165, 1.54) is 19.3 Å². The number of furan rings is 1. The second kappa shape index (κ2) is 7.67. The number of carbonyl (C=O) groups excluding carboxylic acids is 1. The molecule has 4 nitrogen and oxygen atoms in total.